The van der Waals surface area contributed by atoms with Gasteiger partial charge in [0.2, 0.25) is 5.96 Å². The molecule has 5 aliphatic rings. The first kappa shape index (κ1) is 16.3. The van der Waals surface area contributed by atoms with Crippen molar-refractivity contribution in [2.24, 2.45) is 16.8 Å². The molecule has 7 heteroatoms. The molecule has 0 spiro atoms. The van der Waals surface area contributed by atoms with Gasteiger partial charge in [0.25, 0.3) is 5.91 Å². The second-order valence-corrected chi connectivity index (χ2v) is 9.21. The van der Waals surface area contributed by atoms with Gasteiger partial charge in [-0.1, -0.05) is 6.07 Å². The minimum absolute atomic E-state index is 0.144. The van der Waals surface area contributed by atoms with Crippen molar-refractivity contribution >= 4 is 29.0 Å². The monoisotopic (exact) mass is 377 g/mol. The molecule has 2 aromatic rings. The number of hydrogen-bond acceptors (Lipinski definition) is 5. The fourth-order valence-corrected chi connectivity index (χ4v) is 6.34. The van der Waals surface area contributed by atoms with Crippen LogP contribution in [0.15, 0.2) is 35.2 Å². The lowest BCUT2D eigenvalue weighted by molar-refractivity contribution is -0.138. The highest BCUT2D eigenvalue weighted by Crippen LogP contribution is 2.57. The van der Waals surface area contributed by atoms with E-state index in [9.17, 15) is 9.90 Å². The van der Waals surface area contributed by atoms with Gasteiger partial charge in [-0.25, -0.2) is 9.98 Å². The first-order chi connectivity index (χ1) is 13.5. The topological polar surface area (TPSA) is 102 Å². The van der Waals surface area contributed by atoms with Gasteiger partial charge in [-0.3, -0.25) is 10.1 Å². The predicted molar refractivity (Wildman–Crippen MR) is 105 cm³/mol. The van der Waals surface area contributed by atoms with E-state index in [0.29, 0.717) is 23.5 Å². The molecule has 1 aliphatic heterocycles. The molecule has 2 unspecified atom stereocenters. The third kappa shape index (κ3) is 2.57. The number of aliphatic hydroxyl groups is 1. The van der Waals surface area contributed by atoms with Crippen molar-refractivity contribution in [2.75, 3.05) is 0 Å². The van der Waals surface area contributed by atoms with Crippen LogP contribution in [0.3, 0.4) is 0 Å². The highest BCUT2D eigenvalue weighted by atomic mass is 16.3. The Morgan fingerprint density at radius 2 is 2.04 bits per heavy atom. The smallest absolute Gasteiger partial charge is 0.276 e. The average Bonchev–Trinajstić information content (AvgIpc) is 3.18. The van der Waals surface area contributed by atoms with Crippen molar-refractivity contribution in [3.63, 3.8) is 0 Å². The normalized spacial score (nSPS) is 37.5. The second-order valence-electron chi connectivity index (χ2n) is 9.21. The molecule has 4 fully saturated rings. The third-order valence-corrected chi connectivity index (χ3v) is 6.86. The van der Waals surface area contributed by atoms with E-state index in [1.807, 2.05) is 18.2 Å². The highest BCUT2D eigenvalue weighted by molar-refractivity contribution is 6.14. The molecule has 144 valence electrons. The summed E-state index contributed by atoms with van der Waals surface area (Å²) in [4.78, 5) is 24.3. The predicted octanol–water partition coefficient (Wildman–Crippen LogP) is 2.06. The van der Waals surface area contributed by atoms with E-state index in [1.165, 1.54) is 6.42 Å². The maximum Gasteiger partial charge on any atom is 0.276 e. The number of fused-ring (bicyclic) bond motifs is 1. The molecule has 0 radical (unpaired) electrons. The number of aromatic nitrogens is 2. The molecular weight excluding hydrogens is 354 g/mol. The molecule has 1 aromatic heterocycles. The second kappa shape index (κ2) is 5.44. The number of hydrogen-bond donors (Lipinski definition) is 4. The van der Waals surface area contributed by atoms with Gasteiger partial charge in [-0.05, 0) is 74.1 Å². The lowest BCUT2D eigenvalue weighted by Crippen LogP contribution is -2.66. The Hall–Kier alpha value is -2.67. The number of imidazole rings is 1. The van der Waals surface area contributed by atoms with E-state index >= 15 is 0 Å². The number of nitrogens with zero attached hydrogens (tertiary/aromatic N) is 2. The number of aliphatic imine (C=N–C) groups is 1. The van der Waals surface area contributed by atoms with Crippen LogP contribution in [-0.2, 0) is 4.79 Å². The summed E-state index contributed by atoms with van der Waals surface area (Å²) in [7, 11) is 0. The Morgan fingerprint density at radius 3 is 2.82 bits per heavy atom. The lowest BCUT2D eigenvalue weighted by Gasteiger charge is -2.60. The van der Waals surface area contributed by atoms with Crippen LogP contribution in [0.25, 0.3) is 17.1 Å². The molecule has 7 nitrogen and oxygen atoms in total. The summed E-state index contributed by atoms with van der Waals surface area (Å²) < 4.78 is 0. The number of carbonyl (C=O) groups is 1. The van der Waals surface area contributed by atoms with Crippen molar-refractivity contribution in [3.8, 4) is 0 Å². The van der Waals surface area contributed by atoms with Gasteiger partial charge in [0.05, 0.1) is 23.0 Å². The molecule has 1 aromatic carbocycles. The number of nitrogens with one attached hydrogen (secondary N) is 3. The Balaban J connectivity index is 1.27. The number of H-pyrrole nitrogens is 1. The molecule has 0 saturated heterocycles. The van der Waals surface area contributed by atoms with Gasteiger partial charge in [0.1, 0.15) is 5.70 Å². The van der Waals surface area contributed by atoms with Gasteiger partial charge in [-0.2, -0.15) is 0 Å². The summed E-state index contributed by atoms with van der Waals surface area (Å²) in [6, 6.07) is 5.82. The number of carbonyl (C=O) groups excluding carboxylic acids is 1. The summed E-state index contributed by atoms with van der Waals surface area (Å²) >= 11 is 0. The summed E-state index contributed by atoms with van der Waals surface area (Å²) in [5.74, 6) is 1.47. The molecule has 28 heavy (non-hydrogen) atoms. The molecule has 4 aliphatic carbocycles. The van der Waals surface area contributed by atoms with Gasteiger partial charge in [0, 0.05) is 5.54 Å². The summed E-state index contributed by atoms with van der Waals surface area (Å²) in [6.45, 7) is 0. The largest absolute Gasteiger partial charge is 0.390 e. The van der Waals surface area contributed by atoms with Crippen LogP contribution in [0.5, 0.6) is 0 Å². The summed E-state index contributed by atoms with van der Waals surface area (Å²) in [6.07, 6.45) is 9.36. The van der Waals surface area contributed by atoms with Crippen LogP contribution in [0.4, 0.5) is 0 Å². The Bertz CT molecular complexity index is 1040. The molecule has 2 atom stereocenters. The first-order valence-electron chi connectivity index (χ1n) is 10.0. The van der Waals surface area contributed by atoms with E-state index in [4.69, 9.17) is 0 Å². The molecule has 1 amide bonds. The van der Waals surface area contributed by atoms with Gasteiger partial charge < -0.3 is 15.4 Å². The maximum atomic E-state index is 12.4. The SMILES string of the molecule is O=C1NC(NC23CC4CC(CC(O)(C4)C2)C3)=N/C1=C\c1ccc2[nH]cnc2c1. The highest BCUT2D eigenvalue weighted by Gasteiger charge is 2.57. The fraction of sp³-hybridized carbons (Fsp3) is 0.476. The van der Waals surface area contributed by atoms with Crippen LogP contribution < -0.4 is 10.6 Å². The number of amides is 1. The minimum atomic E-state index is -0.544. The molecular formula is C21H23N5O2. The van der Waals surface area contributed by atoms with Gasteiger partial charge in [0.15, 0.2) is 0 Å². The number of guanidine groups is 1. The quantitative estimate of drug-likeness (QED) is 0.602. The number of rotatable bonds is 2. The van der Waals surface area contributed by atoms with Crippen molar-refractivity contribution in [1.29, 1.82) is 0 Å². The third-order valence-electron chi connectivity index (χ3n) is 6.86. The molecule has 4 N–H and O–H groups in total. The van der Waals surface area contributed by atoms with Crippen molar-refractivity contribution < 1.29 is 9.90 Å². The number of benzene rings is 1. The van der Waals surface area contributed by atoms with Crippen molar-refractivity contribution in [2.45, 2.75) is 49.7 Å². The van der Waals surface area contributed by atoms with E-state index in [-0.39, 0.29) is 11.4 Å². The Kier molecular flexibility index (Phi) is 3.17. The molecule has 7 rings (SSSR count). The molecule has 4 bridgehead atoms. The van der Waals surface area contributed by atoms with Crippen molar-refractivity contribution in [3.05, 3.63) is 35.8 Å². The first-order valence-corrected chi connectivity index (χ1v) is 10.0. The molecule has 4 saturated carbocycles. The maximum absolute atomic E-state index is 12.4. The van der Waals surface area contributed by atoms with Crippen LogP contribution in [0.1, 0.15) is 44.1 Å². The van der Waals surface area contributed by atoms with E-state index in [0.717, 1.165) is 48.7 Å². The Morgan fingerprint density at radius 1 is 1.21 bits per heavy atom. The summed E-state index contributed by atoms with van der Waals surface area (Å²) in [5.41, 5.74) is 2.41. The van der Waals surface area contributed by atoms with Crippen LogP contribution in [0, 0.1) is 11.8 Å². The van der Waals surface area contributed by atoms with Gasteiger partial charge >= 0.3 is 0 Å². The fourth-order valence-electron chi connectivity index (χ4n) is 6.34. The lowest BCUT2D eigenvalue weighted by atomic mass is 9.51. The average molecular weight is 377 g/mol. The summed E-state index contributed by atoms with van der Waals surface area (Å²) in [5, 5.41) is 17.3. The van der Waals surface area contributed by atoms with E-state index in [2.05, 4.69) is 25.6 Å². The molecule has 2 heterocycles. The zero-order valence-electron chi connectivity index (χ0n) is 15.5. The van der Waals surface area contributed by atoms with Gasteiger partial charge in [-0.15, -0.1) is 0 Å². The minimum Gasteiger partial charge on any atom is -0.390 e. The van der Waals surface area contributed by atoms with Crippen LogP contribution in [-0.4, -0.2) is 38.1 Å². The van der Waals surface area contributed by atoms with E-state index < -0.39 is 5.60 Å². The standard InChI is InChI=1S/C21H23N5O2/c27-18-17(5-12-1-2-15-16(4-12)23-11-22-15)24-19(25-18)26-20-6-13-3-14(7-20)9-21(28,8-13)10-20/h1-2,4-5,11,13-14,28H,3,6-10H2,(H,22,23)(H2,24,25,26,27)/b17-5-. The zero-order valence-corrected chi connectivity index (χ0v) is 15.5. The van der Waals surface area contributed by atoms with E-state index in [1.54, 1.807) is 12.4 Å². The van der Waals surface area contributed by atoms with Crippen LogP contribution in [0.2, 0.25) is 0 Å². The number of aromatic amines is 1. The Labute approximate surface area is 162 Å². The van der Waals surface area contributed by atoms with Crippen molar-refractivity contribution in [1.82, 2.24) is 20.6 Å². The van der Waals surface area contributed by atoms with Crippen LogP contribution >= 0.6 is 0 Å². The zero-order chi connectivity index (χ0) is 18.9.